The molecule has 88 valence electrons. The van der Waals surface area contributed by atoms with E-state index in [2.05, 4.69) is 67.6 Å². The van der Waals surface area contributed by atoms with Gasteiger partial charge < -0.3 is 0 Å². The van der Waals surface area contributed by atoms with Crippen LogP contribution in [0.25, 0.3) is 0 Å². The summed E-state index contributed by atoms with van der Waals surface area (Å²) in [7, 11) is 0. The summed E-state index contributed by atoms with van der Waals surface area (Å²) >= 11 is 2.01. The molecule has 1 heteroatoms. The predicted octanol–water partition coefficient (Wildman–Crippen LogP) is 4.72. The summed E-state index contributed by atoms with van der Waals surface area (Å²) in [6.07, 6.45) is 0. The topological polar surface area (TPSA) is 0 Å². The highest BCUT2D eigenvalue weighted by Crippen LogP contribution is 2.22. The Labute approximate surface area is 108 Å². The zero-order valence-corrected chi connectivity index (χ0v) is 11.0. The van der Waals surface area contributed by atoms with Gasteiger partial charge in [0.2, 0.25) is 0 Å². The molecule has 2 rings (SSSR count). The lowest BCUT2D eigenvalue weighted by Gasteiger charge is -2.11. The highest BCUT2D eigenvalue weighted by atomic mass is 32.2. The van der Waals surface area contributed by atoms with Crippen molar-refractivity contribution in [2.75, 3.05) is 5.75 Å². The largest absolute Gasteiger partial charge is 0.157 e. The van der Waals surface area contributed by atoms with Gasteiger partial charge in [0.1, 0.15) is 0 Å². The quantitative estimate of drug-likeness (QED) is 0.731. The molecular formula is C16H18S. The van der Waals surface area contributed by atoms with Gasteiger partial charge in [-0.05, 0) is 17.0 Å². The van der Waals surface area contributed by atoms with Crippen molar-refractivity contribution in [1.29, 1.82) is 0 Å². The third-order valence-electron chi connectivity index (χ3n) is 2.85. The van der Waals surface area contributed by atoms with Crippen LogP contribution in [-0.4, -0.2) is 5.75 Å². The van der Waals surface area contributed by atoms with Gasteiger partial charge in [-0.25, -0.2) is 0 Å². The van der Waals surface area contributed by atoms with Gasteiger partial charge in [-0.3, -0.25) is 0 Å². The Morgan fingerprint density at radius 2 is 1.47 bits per heavy atom. The average Bonchev–Trinajstić information content (AvgIpc) is 2.41. The van der Waals surface area contributed by atoms with Crippen molar-refractivity contribution >= 4 is 11.8 Å². The first-order valence-electron chi connectivity index (χ1n) is 6.03. The van der Waals surface area contributed by atoms with Gasteiger partial charge in [0, 0.05) is 11.5 Å². The highest BCUT2D eigenvalue weighted by Gasteiger charge is 2.04. The maximum Gasteiger partial charge on any atom is 0.0184 e. The van der Waals surface area contributed by atoms with E-state index in [1.54, 1.807) is 0 Å². The van der Waals surface area contributed by atoms with Crippen molar-refractivity contribution in [1.82, 2.24) is 0 Å². The molecule has 0 saturated carbocycles. The summed E-state index contributed by atoms with van der Waals surface area (Å²) in [5.41, 5.74) is 2.85. The summed E-state index contributed by atoms with van der Waals surface area (Å²) in [5.74, 6) is 2.92. The Morgan fingerprint density at radius 3 is 2.12 bits per heavy atom. The molecule has 1 atom stereocenters. The van der Waals surface area contributed by atoms with Gasteiger partial charge in [0.05, 0.1) is 0 Å². The van der Waals surface area contributed by atoms with Gasteiger partial charge >= 0.3 is 0 Å². The lowest BCUT2D eigenvalue weighted by atomic mass is 10.0. The fourth-order valence-corrected chi connectivity index (χ4v) is 2.90. The molecule has 0 fully saturated rings. The number of hydrogen-bond acceptors (Lipinski definition) is 1. The zero-order chi connectivity index (χ0) is 11.9. The number of benzene rings is 2. The molecule has 0 saturated heterocycles. The van der Waals surface area contributed by atoms with E-state index in [1.807, 2.05) is 11.8 Å². The van der Waals surface area contributed by atoms with Crippen LogP contribution in [0.1, 0.15) is 24.0 Å². The molecule has 2 aromatic carbocycles. The Balaban J connectivity index is 1.79. The summed E-state index contributed by atoms with van der Waals surface area (Å²) in [4.78, 5) is 0. The fourth-order valence-electron chi connectivity index (χ4n) is 1.81. The van der Waals surface area contributed by atoms with Crippen LogP contribution in [0.15, 0.2) is 60.7 Å². The minimum atomic E-state index is 0.630. The molecule has 0 nitrogen and oxygen atoms in total. The molecule has 2 aromatic rings. The SMILES string of the molecule is CC(CSCc1ccccc1)c1ccccc1. The highest BCUT2D eigenvalue weighted by molar-refractivity contribution is 7.98. The normalized spacial score (nSPS) is 12.3. The van der Waals surface area contributed by atoms with Crippen LogP contribution in [0.5, 0.6) is 0 Å². The van der Waals surface area contributed by atoms with Gasteiger partial charge in [-0.15, -0.1) is 0 Å². The number of hydrogen-bond donors (Lipinski definition) is 0. The third-order valence-corrected chi connectivity index (χ3v) is 4.12. The second-order valence-corrected chi connectivity index (χ2v) is 5.34. The molecule has 0 aliphatic carbocycles. The predicted molar refractivity (Wildman–Crippen MR) is 77.5 cm³/mol. The Bertz CT molecular complexity index is 422. The molecule has 0 amide bonds. The van der Waals surface area contributed by atoms with Crippen molar-refractivity contribution in [3.05, 3.63) is 71.8 Å². The van der Waals surface area contributed by atoms with E-state index in [-0.39, 0.29) is 0 Å². The van der Waals surface area contributed by atoms with Crippen LogP contribution in [0.4, 0.5) is 0 Å². The van der Waals surface area contributed by atoms with Gasteiger partial charge in [-0.2, -0.15) is 11.8 Å². The first-order valence-corrected chi connectivity index (χ1v) is 7.18. The van der Waals surface area contributed by atoms with Crippen LogP contribution in [0, 0.1) is 0 Å². The van der Waals surface area contributed by atoms with E-state index in [1.165, 1.54) is 16.9 Å². The van der Waals surface area contributed by atoms with E-state index < -0.39 is 0 Å². The zero-order valence-electron chi connectivity index (χ0n) is 10.2. The standard InChI is InChI=1S/C16H18S/c1-14(16-10-6-3-7-11-16)12-17-13-15-8-4-2-5-9-15/h2-11,14H,12-13H2,1H3. The summed E-state index contributed by atoms with van der Waals surface area (Å²) in [6, 6.07) is 21.4. The second kappa shape index (κ2) is 6.51. The van der Waals surface area contributed by atoms with E-state index in [0.717, 1.165) is 5.75 Å². The maximum atomic E-state index is 2.30. The molecule has 1 unspecified atom stereocenters. The lowest BCUT2D eigenvalue weighted by Crippen LogP contribution is -1.96. The fraction of sp³-hybridized carbons (Fsp3) is 0.250. The summed E-state index contributed by atoms with van der Waals surface area (Å²) in [6.45, 7) is 2.30. The molecule has 0 spiro atoms. The molecule has 0 heterocycles. The van der Waals surface area contributed by atoms with Crippen molar-refractivity contribution in [2.45, 2.75) is 18.6 Å². The molecule has 0 aromatic heterocycles. The molecular weight excluding hydrogens is 224 g/mol. The van der Waals surface area contributed by atoms with Crippen LogP contribution in [0.2, 0.25) is 0 Å². The molecule has 17 heavy (non-hydrogen) atoms. The molecule has 0 bridgehead atoms. The minimum Gasteiger partial charge on any atom is -0.157 e. The molecule has 0 radical (unpaired) electrons. The van der Waals surface area contributed by atoms with Crippen LogP contribution >= 0.6 is 11.8 Å². The van der Waals surface area contributed by atoms with Gasteiger partial charge in [0.25, 0.3) is 0 Å². The van der Waals surface area contributed by atoms with Crippen LogP contribution in [-0.2, 0) is 5.75 Å². The van der Waals surface area contributed by atoms with Crippen molar-refractivity contribution in [3.63, 3.8) is 0 Å². The Hall–Kier alpha value is -1.21. The van der Waals surface area contributed by atoms with Crippen molar-refractivity contribution in [3.8, 4) is 0 Å². The summed E-state index contributed by atoms with van der Waals surface area (Å²) in [5, 5.41) is 0. The Morgan fingerprint density at radius 1 is 0.882 bits per heavy atom. The smallest absolute Gasteiger partial charge is 0.0184 e. The van der Waals surface area contributed by atoms with Crippen molar-refractivity contribution < 1.29 is 0 Å². The molecule has 0 aliphatic heterocycles. The first kappa shape index (κ1) is 12.3. The van der Waals surface area contributed by atoms with E-state index in [0.29, 0.717) is 5.92 Å². The summed E-state index contributed by atoms with van der Waals surface area (Å²) < 4.78 is 0. The van der Waals surface area contributed by atoms with Crippen LogP contribution < -0.4 is 0 Å². The minimum absolute atomic E-state index is 0.630. The number of thioether (sulfide) groups is 1. The second-order valence-electron chi connectivity index (χ2n) is 4.31. The van der Waals surface area contributed by atoms with E-state index >= 15 is 0 Å². The van der Waals surface area contributed by atoms with Crippen molar-refractivity contribution in [2.24, 2.45) is 0 Å². The third kappa shape index (κ3) is 3.94. The van der Waals surface area contributed by atoms with Crippen LogP contribution in [0.3, 0.4) is 0 Å². The maximum absolute atomic E-state index is 2.30. The molecule has 0 aliphatic rings. The van der Waals surface area contributed by atoms with E-state index in [9.17, 15) is 0 Å². The van der Waals surface area contributed by atoms with Gasteiger partial charge in [-0.1, -0.05) is 67.6 Å². The monoisotopic (exact) mass is 242 g/mol. The number of rotatable bonds is 5. The lowest BCUT2D eigenvalue weighted by molar-refractivity contribution is 0.880. The average molecular weight is 242 g/mol. The Kier molecular flexibility index (Phi) is 4.69. The van der Waals surface area contributed by atoms with E-state index in [4.69, 9.17) is 0 Å². The van der Waals surface area contributed by atoms with Gasteiger partial charge in [0.15, 0.2) is 0 Å². The molecule has 0 N–H and O–H groups in total. The first-order chi connectivity index (χ1) is 8.36.